The van der Waals surface area contributed by atoms with Crippen LogP contribution in [0.25, 0.3) is 0 Å². The first-order valence-electron chi connectivity index (χ1n) is 7.81. The van der Waals surface area contributed by atoms with Gasteiger partial charge in [-0.05, 0) is 25.0 Å². The molecule has 1 saturated carbocycles. The molecule has 0 spiro atoms. The van der Waals surface area contributed by atoms with Crippen LogP contribution >= 0.6 is 0 Å². The number of hydrogen-bond donors (Lipinski definition) is 1. The molecule has 1 N–H and O–H groups in total. The van der Waals surface area contributed by atoms with Crippen LogP contribution in [0.4, 0.5) is 5.69 Å². The van der Waals surface area contributed by atoms with E-state index in [1.54, 1.807) is 0 Å². The lowest BCUT2D eigenvalue weighted by Gasteiger charge is -2.29. The summed E-state index contributed by atoms with van der Waals surface area (Å²) in [4.78, 5) is 0. The zero-order valence-corrected chi connectivity index (χ0v) is 12.0. The summed E-state index contributed by atoms with van der Waals surface area (Å²) in [5, 5.41) is 11.9. The lowest BCUT2D eigenvalue weighted by molar-refractivity contribution is 0.187. The molecular formula is C16H20N4O. The Morgan fingerprint density at radius 2 is 2.00 bits per heavy atom. The van der Waals surface area contributed by atoms with Gasteiger partial charge in [-0.2, -0.15) is 0 Å². The molecule has 2 heterocycles. The quantitative estimate of drug-likeness (QED) is 0.919. The highest BCUT2D eigenvalue weighted by molar-refractivity contribution is 5.57. The zero-order valence-electron chi connectivity index (χ0n) is 12.0. The molecule has 1 aromatic carbocycles. The molecule has 0 saturated heterocycles. The molecule has 0 amide bonds. The van der Waals surface area contributed by atoms with Gasteiger partial charge >= 0.3 is 0 Å². The standard InChI is InChI=1S/C16H20N4O/c1-2-6-12(7-3-1)20-11-18-19-16(20)15-10-17-13-8-4-5-9-14(13)21-15/h4-5,8-9,11-12,15,17H,1-3,6-7,10H2. The van der Waals surface area contributed by atoms with Crippen LogP contribution in [-0.4, -0.2) is 21.3 Å². The molecule has 2 aromatic rings. The summed E-state index contributed by atoms with van der Waals surface area (Å²) in [5.41, 5.74) is 1.05. The third-order valence-electron chi connectivity index (χ3n) is 4.49. The molecular weight excluding hydrogens is 264 g/mol. The smallest absolute Gasteiger partial charge is 0.176 e. The fraction of sp³-hybridized carbons (Fsp3) is 0.500. The van der Waals surface area contributed by atoms with Crippen molar-refractivity contribution in [1.82, 2.24) is 14.8 Å². The Morgan fingerprint density at radius 3 is 2.90 bits per heavy atom. The number of fused-ring (bicyclic) bond motifs is 1. The molecule has 1 fully saturated rings. The fourth-order valence-corrected chi connectivity index (χ4v) is 3.38. The number of nitrogens with zero attached hydrogens (tertiary/aromatic N) is 3. The molecule has 1 atom stereocenters. The van der Waals surface area contributed by atoms with Gasteiger partial charge in [0.25, 0.3) is 0 Å². The normalized spacial score (nSPS) is 22.2. The maximum atomic E-state index is 6.12. The highest BCUT2D eigenvalue weighted by atomic mass is 16.5. The number of nitrogens with one attached hydrogen (secondary N) is 1. The van der Waals surface area contributed by atoms with Gasteiger partial charge < -0.3 is 14.6 Å². The second kappa shape index (κ2) is 5.39. The number of anilines is 1. The second-order valence-electron chi connectivity index (χ2n) is 5.87. The van der Waals surface area contributed by atoms with Crippen LogP contribution in [0, 0.1) is 0 Å². The van der Waals surface area contributed by atoms with Crippen molar-refractivity contribution in [3.8, 4) is 5.75 Å². The van der Waals surface area contributed by atoms with Gasteiger partial charge in [-0.1, -0.05) is 31.4 Å². The summed E-state index contributed by atoms with van der Waals surface area (Å²) in [7, 11) is 0. The molecule has 1 aliphatic carbocycles. The highest BCUT2D eigenvalue weighted by Crippen LogP contribution is 2.35. The summed E-state index contributed by atoms with van der Waals surface area (Å²) < 4.78 is 8.36. The van der Waals surface area contributed by atoms with E-state index < -0.39 is 0 Å². The van der Waals surface area contributed by atoms with E-state index in [0.717, 1.165) is 23.8 Å². The molecule has 0 bridgehead atoms. The largest absolute Gasteiger partial charge is 0.478 e. The van der Waals surface area contributed by atoms with Gasteiger partial charge in [0.2, 0.25) is 0 Å². The maximum Gasteiger partial charge on any atom is 0.176 e. The summed E-state index contributed by atoms with van der Waals surface area (Å²) in [6.07, 6.45) is 8.20. The van der Waals surface area contributed by atoms with E-state index in [9.17, 15) is 0 Å². The van der Waals surface area contributed by atoms with Gasteiger partial charge in [-0.3, -0.25) is 0 Å². The van der Waals surface area contributed by atoms with Crippen molar-refractivity contribution in [2.24, 2.45) is 0 Å². The van der Waals surface area contributed by atoms with Crippen LogP contribution < -0.4 is 10.1 Å². The van der Waals surface area contributed by atoms with Crippen molar-refractivity contribution in [2.45, 2.75) is 44.2 Å². The van der Waals surface area contributed by atoms with E-state index >= 15 is 0 Å². The van der Waals surface area contributed by atoms with Crippen molar-refractivity contribution in [3.63, 3.8) is 0 Å². The van der Waals surface area contributed by atoms with Crippen LogP contribution in [0.1, 0.15) is 50.1 Å². The van der Waals surface area contributed by atoms with E-state index in [2.05, 4.69) is 20.1 Å². The van der Waals surface area contributed by atoms with E-state index in [1.807, 2.05) is 30.6 Å². The minimum absolute atomic E-state index is 0.0654. The van der Waals surface area contributed by atoms with Crippen molar-refractivity contribution in [1.29, 1.82) is 0 Å². The van der Waals surface area contributed by atoms with E-state index in [1.165, 1.54) is 32.1 Å². The molecule has 2 aliphatic rings. The SMILES string of the molecule is c1ccc2c(c1)NCC(c1nncn1C1CCCCC1)O2. The van der Waals surface area contributed by atoms with Crippen molar-refractivity contribution < 1.29 is 4.74 Å². The van der Waals surface area contributed by atoms with Gasteiger partial charge in [0.05, 0.1) is 12.2 Å². The average Bonchev–Trinajstić information content (AvgIpc) is 3.05. The van der Waals surface area contributed by atoms with E-state index in [4.69, 9.17) is 4.74 Å². The molecule has 21 heavy (non-hydrogen) atoms. The molecule has 0 radical (unpaired) electrons. The summed E-state index contributed by atoms with van der Waals surface area (Å²) >= 11 is 0. The first-order chi connectivity index (χ1) is 10.4. The number of hydrogen-bond acceptors (Lipinski definition) is 4. The zero-order chi connectivity index (χ0) is 14.1. The van der Waals surface area contributed by atoms with Crippen molar-refractivity contribution in [3.05, 3.63) is 36.4 Å². The number of benzene rings is 1. The van der Waals surface area contributed by atoms with Gasteiger partial charge in [0, 0.05) is 6.04 Å². The number of rotatable bonds is 2. The van der Waals surface area contributed by atoms with Gasteiger partial charge in [-0.25, -0.2) is 0 Å². The summed E-state index contributed by atoms with van der Waals surface area (Å²) in [6, 6.07) is 8.58. The van der Waals surface area contributed by atoms with Crippen LogP contribution in [0.15, 0.2) is 30.6 Å². The molecule has 1 unspecified atom stereocenters. The van der Waals surface area contributed by atoms with E-state index in [0.29, 0.717) is 6.04 Å². The fourth-order valence-electron chi connectivity index (χ4n) is 3.38. The molecule has 4 rings (SSSR count). The lowest BCUT2D eigenvalue weighted by atomic mass is 9.95. The molecule has 1 aliphatic heterocycles. The Hall–Kier alpha value is -2.04. The molecule has 5 heteroatoms. The number of ether oxygens (including phenoxy) is 1. The molecule has 1 aromatic heterocycles. The summed E-state index contributed by atoms with van der Waals surface area (Å²) in [5.74, 6) is 1.84. The summed E-state index contributed by atoms with van der Waals surface area (Å²) in [6.45, 7) is 0.739. The Bertz CT molecular complexity index is 618. The molecule has 5 nitrogen and oxygen atoms in total. The monoisotopic (exact) mass is 284 g/mol. The first kappa shape index (κ1) is 12.7. The Kier molecular flexibility index (Phi) is 3.25. The van der Waals surface area contributed by atoms with Crippen molar-refractivity contribution in [2.75, 3.05) is 11.9 Å². The minimum atomic E-state index is -0.0654. The van der Waals surface area contributed by atoms with E-state index in [-0.39, 0.29) is 6.10 Å². The number of aromatic nitrogens is 3. The average molecular weight is 284 g/mol. The maximum absolute atomic E-state index is 6.12. The number of para-hydroxylation sites is 2. The Labute approximate surface area is 124 Å². The highest BCUT2D eigenvalue weighted by Gasteiger charge is 2.28. The predicted octanol–water partition coefficient (Wildman–Crippen LogP) is 3.33. The van der Waals surface area contributed by atoms with Crippen LogP contribution in [0.5, 0.6) is 5.75 Å². The first-order valence-corrected chi connectivity index (χ1v) is 7.81. The predicted molar refractivity (Wildman–Crippen MR) is 80.4 cm³/mol. The van der Waals surface area contributed by atoms with Crippen LogP contribution in [-0.2, 0) is 0 Å². The molecule has 110 valence electrons. The third-order valence-corrected chi connectivity index (χ3v) is 4.49. The van der Waals surface area contributed by atoms with Gasteiger partial charge in [-0.15, -0.1) is 10.2 Å². The van der Waals surface area contributed by atoms with Crippen LogP contribution in [0.3, 0.4) is 0 Å². The second-order valence-corrected chi connectivity index (χ2v) is 5.87. The minimum Gasteiger partial charge on any atom is -0.478 e. The van der Waals surface area contributed by atoms with Crippen molar-refractivity contribution >= 4 is 5.69 Å². The Balaban J connectivity index is 1.59. The third kappa shape index (κ3) is 2.37. The van der Waals surface area contributed by atoms with Crippen LogP contribution in [0.2, 0.25) is 0 Å². The topological polar surface area (TPSA) is 52.0 Å². The lowest BCUT2D eigenvalue weighted by Crippen LogP contribution is -2.27. The van der Waals surface area contributed by atoms with Gasteiger partial charge in [0.1, 0.15) is 12.1 Å². The van der Waals surface area contributed by atoms with Gasteiger partial charge in [0.15, 0.2) is 11.9 Å². The Morgan fingerprint density at radius 1 is 1.14 bits per heavy atom.